The average molecular weight is 371 g/mol. The Labute approximate surface area is 149 Å². The molecule has 0 bridgehead atoms. The fourth-order valence-corrected chi connectivity index (χ4v) is 3.30. The molecule has 0 radical (unpaired) electrons. The monoisotopic (exact) mass is 370 g/mol. The Kier molecular flexibility index (Phi) is 3.45. The number of aromatic carboxylic acids is 1. The van der Waals surface area contributed by atoms with Gasteiger partial charge in [-0.15, -0.1) is 0 Å². The highest BCUT2D eigenvalue weighted by molar-refractivity contribution is 6.31. The molecule has 0 amide bonds. The van der Waals surface area contributed by atoms with Gasteiger partial charge in [0.2, 0.25) is 0 Å². The number of H-pyrrole nitrogens is 1. The van der Waals surface area contributed by atoms with Crippen molar-refractivity contribution < 1.29 is 9.90 Å². The number of nitrogens with zero attached hydrogens (tertiary/aromatic N) is 3. The summed E-state index contributed by atoms with van der Waals surface area (Å²) < 4.78 is 2.22. The summed E-state index contributed by atoms with van der Waals surface area (Å²) in [6, 6.07) is 6.27. The van der Waals surface area contributed by atoms with Crippen LogP contribution in [0.15, 0.2) is 46.2 Å². The van der Waals surface area contributed by atoms with E-state index in [1.807, 2.05) is 0 Å². The van der Waals surface area contributed by atoms with Crippen LogP contribution in [0.4, 0.5) is 0 Å². The first-order valence-corrected chi connectivity index (χ1v) is 7.88. The van der Waals surface area contributed by atoms with Crippen LogP contribution in [0.3, 0.4) is 0 Å². The number of pyridine rings is 1. The fourth-order valence-electron chi connectivity index (χ4n) is 3.13. The van der Waals surface area contributed by atoms with Crippen LogP contribution < -0.4 is 11.2 Å². The molecule has 1 aromatic carbocycles. The minimum Gasteiger partial charge on any atom is -0.477 e. The Hall–Kier alpha value is -3.39. The van der Waals surface area contributed by atoms with E-state index in [1.54, 1.807) is 19.2 Å². The van der Waals surface area contributed by atoms with Crippen LogP contribution in [0.5, 0.6) is 0 Å². The van der Waals surface area contributed by atoms with Crippen LogP contribution in [0.25, 0.3) is 27.5 Å². The lowest BCUT2D eigenvalue weighted by atomic mass is 10.2. The molecule has 3 heterocycles. The van der Waals surface area contributed by atoms with Crippen LogP contribution in [-0.2, 0) is 7.05 Å². The minimum absolute atomic E-state index is 0.0329. The SMILES string of the molecule is Cn1c(C(=O)O)c(-n2c(=O)[nH]c3ccncc3c2=O)c2cc(Cl)ccc21. The highest BCUT2D eigenvalue weighted by Gasteiger charge is 2.25. The van der Waals surface area contributed by atoms with Gasteiger partial charge in [-0.3, -0.25) is 9.78 Å². The Morgan fingerprint density at radius 1 is 1.23 bits per heavy atom. The van der Waals surface area contributed by atoms with Crippen molar-refractivity contribution in [1.82, 2.24) is 19.1 Å². The lowest BCUT2D eigenvalue weighted by molar-refractivity contribution is 0.0687. The van der Waals surface area contributed by atoms with E-state index < -0.39 is 17.2 Å². The lowest BCUT2D eigenvalue weighted by Gasteiger charge is -2.07. The van der Waals surface area contributed by atoms with Crippen molar-refractivity contribution in [1.29, 1.82) is 0 Å². The van der Waals surface area contributed by atoms with Gasteiger partial charge in [-0.2, -0.15) is 0 Å². The number of aryl methyl sites for hydroxylation is 1. The van der Waals surface area contributed by atoms with Gasteiger partial charge in [0.25, 0.3) is 5.56 Å². The normalized spacial score (nSPS) is 11.3. The van der Waals surface area contributed by atoms with E-state index in [0.717, 1.165) is 4.57 Å². The zero-order valence-corrected chi connectivity index (χ0v) is 14.1. The van der Waals surface area contributed by atoms with E-state index >= 15 is 0 Å². The Morgan fingerprint density at radius 3 is 2.73 bits per heavy atom. The summed E-state index contributed by atoms with van der Waals surface area (Å²) in [4.78, 5) is 43.9. The Morgan fingerprint density at radius 2 is 2.00 bits per heavy atom. The molecule has 8 nitrogen and oxygen atoms in total. The van der Waals surface area contributed by atoms with Gasteiger partial charge in [0.1, 0.15) is 0 Å². The second-order valence-electron chi connectivity index (χ2n) is 5.71. The zero-order chi connectivity index (χ0) is 18.6. The highest BCUT2D eigenvalue weighted by atomic mass is 35.5. The highest BCUT2D eigenvalue weighted by Crippen LogP contribution is 2.30. The van der Waals surface area contributed by atoms with Gasteiger partial charge >= 0.3 is 11.7 Å². The van der Waals surface area contributed by atoms with Crippen molar-refractivity contribution in [3.63, 3.8) is 0 Å². The van der Waals surface area contributed by atoms with E-state index in [0.29, 0.717) is 21.4 Å². The average Bonchev–Trinajstić information content (AvgIpc) is 2.87. The molecule has 0 aliphatic carbocycles. The molecule has 130 valence electrons. The smallest absolute Gasteiger partial charge is 0.354 e. The summed E-state index contributed by atoms with van der Waals surface area (Å²) in [6.45, 7) is 0. The van der Waals surface area contributed by atoms with Gasteiger partial charge in [-0.25, -0.2) is 14.2 Å². The van der Waals surface area contributed by atoms with E-state index in [-0.39, 0.29) is 16.8 Å². The number of hydrogen-bond donors (Lipinski definition) is 2. The van der Waals surface area contributed by atoms with Crippen molar-refractivity contribution in [2.75, 3.05) is 0 Å². The number of aromatic nitrogens is 4. The number of rotatable bonds is 2. The summed E-state index contributed by atoms with van der Waals surface area (Å²) in [7, 11) is 1.55. The predicted octanol–water partition coefficient (Wildman–Crippen LogP) is 1.92. The number of benzene rings is 1. The van der Waals surface area contributed by atoms with Crippen molar-refractivity contribution in [2.45, 2.75) is 0 Å². The maximum atomic E-state index is 12.9. The summed E-state index contributed by atoms with van der Waals surface area (Å²) in [5.74, 6) is -1.27. The van der Waals surface area contributed by atoms with Crippen LogP contribution in [0.2, 0.25) is 5.02 Å². The van der Waals surface area contributed by atoms with Crippen molar-refractivity contribution in [3.8, 4) is 5.69 Å². The van der Waals surface area contributed by atoms with Gasteiger partial charge in [-0.1, -0.05) is 11.6 Å². The number of halogens is 1. The minimum atomic E-state index is -1.27. The molecule has 0 spiro atoms. The van der Waals surface area contributed by atoms with Crippen LogP contribution >= 0.6 is 11.6 Å². The molecule has 0 saturated heterocycles. The third kappa shape index (κ3) is 2.16. The zero-order valence-electron chi connectivity index (χ0n) is 13.4. The maximum Gasteiger partial charge on any atom is 0.354 e. The lowest BCUT2D eigenvalue weighted by Crippen LogP contribution is -2.34. The van der Waals surface area contributed by atoms with Crippen molar-refractivity contribution in [2.24, 2.45) is 7.05 Å². The van der Waals surface area contributed by atoms with Gasteiger partial charge in [0.15, 0.2) is 5.69 Å². The molecular formula is C17H11ClN4O4. The number of carbonyl (C=O) groups is 1. The van der Waals surface area contributed by atoms with Crippen LogP contribution in [-0.4, -0.2) is 30.2 Å². The first kappa shape index (κ1) is 16.1. The Balaban J connectivity index is 2.27. The second kappa shape index (κ2) is 5.57. The van der Waals surface area contributed by atoms with E-state index in [4.69, 9.17) is 11.6 Å². The number of aromatic amines is 1. The van der Waals surface area contributed by atoms with Crippen molar-refractivity contribution >= 4 is 39.4 Å². The van der Waals surface area contributed by atoms with Crippen LogP contribution in [0, 0.1) is 0 Å². The number of carboxylic acids is 1. The Bertz CT molecular complexity index is 1330. The van der Waals surface area contributed by atoms with Gasteiger partial charge in [0.05, 0.1) is 22.1 Å². The topological polar surface area (TPSA) is 110 Å². The molecule has 3 aromatic heterocycles. The van der Waals surface area contributed by atoms with Crippen molar-refractivity contribution in [3.05, 3.63) is 68.2 Å². The second-order valence-corrected chi connectivity index (χ2v) is 6.15. The summed E-state index contributed by atoms with van der Waals surface area (Å²) in [5.41, 5.74) is -0.788. The summed E-state index contributed by atoms with van der Waals surface area (Å²) in [6.07, 6.45) is 2.77. The molecule has 2 N–H and O–H groups in total. The molecule has 4 aromatic rings. The summed E-state index contributed by atoms with van der Waals surface area (Å²) in [5, 5.41) is 10.6. The number of nitrogens with one attached hydrogen (secondary N) is 1. The molecule has 0 aliphatic heterocycles. The molecule has 0 unspecified atom stereocenters. The van der Waals surface area contributed by atoms with Gasteiger partial charge < -0.3 is 14.7 Å². The third-order valence-electron chi connectivity index (χ3n) is 4.26. The first-order valence-electron chi connectivity index (χ1n) is 7.51. The third-order valence-corrected chi connectivity index (χ3v) is 4.50. The first-order chi connectivity index (χ1) is 12.4. The molecule has 4 rings (SSSR count). The molecule has 26 heavy (non-hydrogen) atoms. The standard InChI is InChI=1S/C17H11ClN4O4/c1-21-12-3-2-8(18)6-9(12)13(14(21)16(24)25)22-15(23)10-7-19-5-4-11(10)20-17(22)26/h2-7H,1H3,(H,20,26)(H,24,25). The molecule has 0 fully saturated rings. The van der Waals surface area contributed by atoms with E-state index in [2.05, 4.69) is 9.97 Å². The fraction of sp³-hybridized carbons (Fsp3) is 0.0588. The number of hydrogen-bond acceptors (Lipinski definition) is 4. The van der Waals surface area contributed by atoms with E-state index in [1.165, 1.54) is 29.1 Å². The van der Waals surface area contributed by atoms with Gasteiger partial charge in [0, 0.05) is 29.9 Å². The summed E-state index contributed by atoms with van der Waals surface area (Å²) >= 11 is 6.05. The van der Waals surface area contributed by atoms with Crippen LogP contribution in [0.1, 0.15) is 10.5 Å². The predicted molar refractivity (Wildman–Crippen MR) is 96.4 cm³/mol. The maximum absolute atomic E-state index is 12.9. The quantitative estimate of drug-likeness (QED) is 0.560. The number of fused-ring (bicyclic) bond motifs is 2. The largest absolute Gasteiger partial charge is 0.477 e. The molecule has 0 saturated carbocycles. The molecule has 9 heteroatoms. The molecule has 0 atom stereocenters. The molecule has 0 aliphatic rings. The molecular weight excluding hydrogens is 360 g/mol. The number of carboxylic acid groups (broad SMARTS) is 1. The van der Waals surface area contributed by atoms with E-state index in [9.17, 15) is 19.5 Å². The van der Waals surface area contributed by atoms with Gasteiger partial charge in [-0.05, 0) is 24.3 Å².